The Morgan fingerprint density at radius 1 is 1.88 bits per heavy atom. The average Bonchev–Trinajstić information content (AvgIpc) is 1.55. The molecular formula is C5H9NO2. The third-order valence-corrected chi connectivity index (χ3v) is 1.09. The number of ether oxygens (including phenoxy) is 1. The van der Waals surface area contributed by atoms with E-state index < -0.39 is 0 Å². The van der Waals surface area contributed by atoms with E-state index in [4.69, 9.17) is 4.74 Å². The van der Waals surface area contributed by atoms with Gasteiger partial charge in [-0.25, -0.2) is 0 Å². The minimum Gasteiger partial charge on any atom is -0.447 e. The predicted molar refractivity (Wildman–Crippen MR) is 28.2 cm³/mol. The summed E-state index contributed by atoms with van der Waals surface area (Å²) in [6.07, 6.45) is 0.965. The van der Waals surface area contributed by atoms with Crippen LogP contribution in [0.3, 0.4) is 0 Å². The van der Waals surface area contributed by atoms with E-state index in [1.54, 1.807) is 0 Å². The zero-order chi connectivity index (χ0) is 5.98. The smallest absolute Gasteiger partial charge is 0.304 e. The molecule has 1 atom stereocenters. The molecule has 46 valence electrons. The molecule has 0 aliphatic carbocycles. The van der Waals surface area contributed by atoms with E-state index in [9.17, 15) is 4.79 Å². The summed E-state index contributed by atoms with van der Waals surface area (Å²) in [6.45, 7) is 2.39. The first-order chi connectivity index (χ1) is 3.79. The van der Waals surface area contributed by atoms with Gasteiger partial charge in [-0.1, -0.05) is 0 Å². The third-order valence-electron chi connectivity index (χ3n) is 1.09. The van der Waals surface area contributed by atoms with Gasteiger partial charge < -0.3 is 4.74 Å². The number of esters is 1. The second kappa shape index (κ2) is 2.13. The Morgan fingerprint density at radius 2 is 2.50 bits per heavy atom. The molecule has 0 spiro atoms. The van der Waals surface area contributed by atoms with Crippen LogP contribution in [0, 0.1) is 0 Å². The average molecular weight is 115 g/mol. The minimum atomic E-state index is -0.206. The molecule has 0 bridgehead atoms. The molecule has 1 heterocycles. The maximum Gasteiger partial charge on any atom is 0.304 e. The van der Waals surface area contributed by atoms with Crippen molar-refractivity contribution in [2.75, 3.05) is 6.54 Å². The highest BCUT2D eigenvalue weighted by molar-refractivity contribution is 5.66. The highest BCUT2D eigenvalue weighted by Gasteiger charge is 2.17. The van der Waals surface area contributed by atoms with Gasteiger partial charge in [0.2, 0.25) is 0 Å². The van der Waals surface area contributed by atoms with Crippen molar-refractivity contribution in [2.24, 2.45) is 0 Å². The van der Waals surface area contributed by atoms with Gasteiger partial charge >= 0.3 is 5.97 Å². The molecule has 1 aliphatic rings. The van der Waals surface area contributed by atoms with Crippen LogP contribution in [0.25, 0.3) is 0 Å². The van der Waals surface area contributed by atoms with Crippen LogP contribution in [0.15, 0.2) is 0 Å². The third kappa shape index (κ3) is 1.20. The Labute approximate surface area is 48.0 Å². The fourth-order valence-electron chi connectivity index (χ4n) is 0.563. The fraction of sp³-hybridized carbons (Fsp3) is 0.800. The molecule has 0 aromatic carbocycles. The van der Waals surface area contributed by atoms with E-state index in [-0.39, 0.29) is 12.2 Å². The van der Waals surface area contributed by atoms with Gasteiger partial charge in [0.25, 0.3) is 0 Å². The lowest BCUT2D eigenvalue weighted by molar-refractivity contribution is -0.151. The Hall–Kier alpha value is -0.570. The Kier molecular flexibility index (Phi) is 1.48. The van der Waals surface area contributed by atoms with Crippen molar-refractivity contribution in [1.82, 2.24) is 5.32 Å². The largest absolute Gasteiger partial charge is 0.447 e. The van der Waals surface area contributed by atoms with Crippen molar-refractivity contribution >= 4 is 5.97 Å². The molecule has 0 aromatic rings. The van der Waals surface area contributed by atoms with Crippen LogP contribution in [0.2, 0.25) is 0 Å². The number of hydrogen-bond donors (Lipinski definition) is 1. The zero-order valence-electron chi connectivity index (χ0n) is 4.81. The van der Waals surface area contributed by atoms with Crippen molar-refractivity contribution in [3.63, 3.8) is 0 Å². The van der Waals surface area contributed by atoms with Crippen molar-refractivity contribution in [1.29, 1.82) is 0 Å². The molecule has 0 aromatic heterocycles. The van der Waals surface area contributed by atoms with Crippen molar-refractivity contribution in [2.45, 2.75) is 19.6 Å². The topological polar surface area (TPSA) is 38.3 Å². The van der Waals surface area contributed by atoms with E-state index >= 15 is 0 Å². The first kappa shape index (κ1) is 5.56. The van der Waals surface area contributed by atoms with Gasteiger partial charge in [0.05, 0.1) is 0 Å². The normalized spacial score (nSPS) is 26.4. The monoisotopic (exact) mass is 115 g/mol. The van der Waals surface area contributed by atoms with Crippen LogP contribution < -0.4 is 5.32 Å². The lowest BCUT2D eigenvalue weighted by Gasteiger charge is -2.26. The highest BCUT2D eigenvalue weighted by atomic mass is 16.6. The lowest BCUT2D eigenvalue weighted by Crippen LogP contribution is -2.45. The summed E-state index contributed by atoms with van der Waals surface area (Å²) in [5, 5.41) is 2.93. The molecule has 0 amide bonds. The number of carbonyl (C=O) groups excluding carboxylic acids is 1. The van der Waals surface area contributed by atoms with E-state index in [1.165, 1.54) is 6.92 Å². The zero-order valence-corrected chi connectivity index (χ0v) is 4.81. The highest BCUT2D eigenvalue weighted by Crippen LogP contribution is 2.02. The molecular weight excluding hydrogens is 106 g/mol. The van der Waals surface area contributed by atoms with Gasteiger partial charge in [-0.3, -0.25) is 10.1 Å². The fourth-order valence-corrected chi connectivity index (χ4v) is 0.563. The first-order valence-electron chi connectivity index (χ1n) is 2.69. The van der Waals surface area contributed by atoms with Gasteiger partial charge in [-0.05, 0) is 0 Å². The van der Waals surface area contributed by atoms with E-state index in [2.05, 4.69) is 5.32 Å². The number of nitrogens with one attached hydrogen (secondary N) is 1. The molecule has 0 saturated carbocycles. The first-order valence-corrected chi connectivity index (χ1v) is 2.69. The molecule has 0 radical (unpaired) electrons. The molecule has 8 heavy (non-hydrogen) atoms. The Morgan fingerprint density at radius 3 is 2.62 bits per heavy atom. The molecule has 1 saturated heterocycles. The van der Waals surface area contributed by atoms with Gasteiger partial charge in [0, 0.05) is 19.9 Å². The Bertz CT molecular complexity index is 98.6. The maximum absolute atomic E-state index is 10.2. The molecule has 1 N–H and O–H groups in total. The predicted octanol–water partition coefficient (Wildman–Crippen LogP) is -0.131. The summed E-state index contributed by atoms with van der Waals surface area (Å²) in [4.78, 5) is 10.2. The van der Waals surface area contributed by atoms with Gasteiger partial charge in [0.1, 0.15) is 0 Å². The summed E-state index contributed by atoms with van der Waals surface area (Å²) in [7, 11) is 0. The SMILES string of the molecule is CC(=O)OC1CCN1. The lowest BCUT2D eigenvalue weighted by atomic mass is 10.2. The van der Waals surface area contributed by atoms with Gasteiger partial charge in [-0.15, -0.1) is 0 Å². The van der Waals surface area contributed by atoms with Gasteiger partial charge in [-0.2, -0.15) is 0 Å². The summed E-state index contributed by atoms with van der Waals surface area (Å²) < 4.78 is 4.74. The van der Waals surface area contributed by atoms with E-state index in [1.807, 2.05) is 0 Å². The molecule has 1 aliphatic heterocycles. The van der Waals surface area contributed by atoms with Crippen LogP contribution in [-0.2, 0) is 9.53 Å². The molecule has 1 rings (SSSR count). The van der Waals surface area contributed by atoms with Crippen molar-refractivity contribution < 1.29 is 9.53 Å². The van der Waals surface area contributed by atoms with Crippen LogP contribution >= 0.6 is 0 Å². The maximum atomic E-state index is 10.2. The van der Waals surface area contributed by atoms with Crippen LogP contribution in [0.4, 0.5) is 0 Å². The summed E-state index contributed by atoms with van der Waals surface area (Å²) in [6, 6.07) is 0. The molecule has 3 nitrogen and oxygen atoms in total. The quantitative estimate of drug-likeness (QED) is 0.484. The second-order valence-corrected chi connectivity index (χ2v) is 1.84. The van der Waals surface area contributed by atoms with Crippen LogP contribution in [0.5, 0.6) is 0 Å². The van der Waals surface area contributed by atoms with E-state index in [0.29, 0.717) is 0 Å². The minimum absolute atomic E-state index is 0.00694. The summed E-state index contributed by atoms with van der Waals surface area (Å²) >= 11 is 0. The van der Waals surface area contributed by atoms with Crippen molar-refractivity contribution in [3.8, 4) is 0 Å². The second-order valence-electron chi connectivity index (χ2n) is 1.84. The summed E-state index contributed by atoms with van der Waals surface area (Å²) in [5.41, 5.74) is 0. The molecule has 3 heteroatoms. The van der Waals surface area contributed by atoms with Gasteiger partial charge in [0.15, 0.2) is 6.23 Å². The van der Waals surface area contributed by atoms with Crippen LogP contribution in [0.1, 0.15) is 13.3 Å². The molecule has 1 unspecified atom stereocenters. The summed E-state index contributed by atoms with van der Waals surface area (Å²) in [5.74, 6) is -0.206. The van der Waals surface area contributed by atoms with E-state index in [0.717, 1.165) is 13.0 Å². The van der Waals surface area contributed by atoms with Crippen molar-refractivity contribution in [3.05, 3.63) is 0 Å². The molecule has 1 fully saturated rings. The Balaban J connectivity index is 2.09. The number of rotatable bonds is 1. The number of carbonyl (C=O) groups is 1. The number of hydrogen-bond acceptors (Lipinski definition) is 3. The standard InChI is InChI=1S/C5H9NO2/c1-4(7)8-5-2-3-6-5/h5-6H,2-3H2,1H3. The van der Waals surface area contributed by atoms with Crippen LogP contribution in [-0.4, -0.2) is 18.7 Å².